The fourth-order valence-corrected chi connectivity index (χ4v) is 4.48. The quantitative estimate of drug-likeness (QED) is 0.0928. The van der Waals surface area contributed by atoms with Crippen molar-refractivity contribution >= 4 is 47.1 Å². The van der Waals surface area contributed by atoms with Crippen LogP contribution in [0.25, 0.3) is 0 Å². The molecule has 1 heterocycles. The lowest BCUT2D eigenvalue weighted by Gasteiger charge is -2.20. The van der Waals surface area contributed by atoms with E-state index in [-0.39, 0.29) is 78.7 Å². The molecule has 0 saturated heterocycles. The van der Waals surface area contributed by atoms with Crippen LogP contribution in [0.2, 0.25) is 0 Å². The molecule has 0 fully saturated rings. The van der Waals surface area contributed by atoms with Crippen LogP contribution in [0.5, 0.6) is 0 Å². The summed E-state index contributed by atoms with van der Waals surface area (Å²) >= 11 is 0. The highest BCUT2D eigenvalue weighted by Gasteiger charge is 2.26. The summed E-state index contributed by atoms with van der Waals surface area (Å²) in [5.74, 6) is -2.68. The van der Waals surface area contributed by atoms with E-state index >= 15 is 0 Å². The van der Waals surface area contributed by atoms with Gasteiger partial charge >= 0.3 is 23.9 Å². The van der Waals surface area contributed by atoms with Gasteiger partial charge in [-0.05, 0) is 56.2 Å². The molecule has 2 aliphatic carbocycles. The van der Waals surface area contributed by atoms with Gasteiger partial charge in [0, 0.05) is 30.7 Å². The number of carbonyl (C=O) groups excluding carboxylic acids is 4. The number of amides is 2. The standard InChI is InChI=1S/C34H36N6O9/c1-4-47-27(43)18-20-12-14-23(25(41)16-20)36-31-29(39-34(46)35-22-10-8-7-9-11-22)30(32(45)49-6-3)38-33(40-31)37-24-15-13-21(17-26(24)42)19-28(44)48-5-2/h7-15,18-19,41-42H,4-6,16-17H2,1-3H3,(H2,35,39,46)(H2,36,37,38,40). The van der Waals surface area contributed by atoms with Crippen LogP contribution in [0, 0.1) is 0 Å². The van der Waals surface area contributed by atoms with Crippen molar-refractivity contribution < 1.29 is 43.6 Å². The summed E-state index contributed by atoms with van der Waals surface area (Å²) in [7, 11) is 0. The molecule has 1 aromatic heterocycles. The Bertz CT molecular complexity index is 1790. The second kappa shape index (κ2) is 17.0. The Hall–Kier alpha value is -6.38. The van der Waals surface area contributed by atoms with Crippen LogP contribution in [0.1, 0.15) is 44.1 Å². The van der Waals surface area contributed by atoms with Crippen molar-refractivity contribution in [1.82, 2.24) is 9.97 Å². The first-order chi connectivity index (χ1) is 23.6. The van der Waals surface area contributed by atoms with Crippen molar-refractivity contribution in [2.45, 2.75) is 33.6 Å². The third-order valence-electron chi connectivity index (χ3n) is 6.62. The molecule has 0 saturated carbocycles. The molecular formula is C34H36N6O9. The fraction of sp³-hybridized carbons (Fsp3) is 0.235. The predicted molar refractivity (Wildman–Crippen MR) is 181 cm³/mol. The van der Waals surface area contributed by atoms with E-state index in [9.17, 15) is 29.4 Å². The largest absolute Gasteiger partial charge is 0.510 e. The SMILES string of the molecule is CCOC(=O)C=C1C=CC(Nc2nc(NC3=C(O)CC(=CC(=O)OCC)C=C3)c(NC(=O)Nc3ccccc3)c(C(=O)OCC)n2)=C(O)C1. The van der Waals surface area contributed by atoms with Gasteiger partial charge in [-0.25, -0.2) is 24.2 Å². The Morgan fingerprint density at radius 2 is 1.29 bits per heavy atom. The van der Waals surface area contributed by atoms with Gasteiger partial charge in [0.25, 0.3) is 0 Å². The van der Waals surface area contributed by atoms with Crippen LogP contribution >= 0.6 is 0 Å². The highest BCUT2D eigenvalue weighted by atomic mass is 16.5. The number of allylic oxidation sites excluding steroid dienone is 6. The van der Waals surface area contributed by atoms with Crippen LogP contribution in [0.3, 0.4) is 0 Å². The molecule has 0 aliphatic heterocycles. The molecule has 0 radical (unpaired) electrons. The zero-order valence-corrected chi connectivity index (χ0v) is 27.0. The molecule has 0 spiro atoms. The monoisotopic (exact) mass is 672 g/mol. The Kier molecular flexibility index (Phi) is 12.3. The minimum Gasteiger partial charge on any atom is -0.510 e. The average molecular weight is 673 g/mol. The van der Waals surface area contributed by atoms with E-state index in [1.54, 1.807) is 63.3 Å². The lowest BCUT2D eigenvalue weighted by Crippen LogP contribution is -2.24. The number of para-hydroxylation sites is 1. The van der Waals surface area contributed by atoms with E-state index in [4.69, 9.17) is 14.2 Å². The summed E-state index contributed by atoms with van der Waals surface area (Å²) in [6.45, 7) is 5.33. The van der Waals surface area contributed by atoms with Crippen LogP contribution in [-0.4, -0.2) is 63.9 Å². The molecule has 0 unspecified atom stereocenters. The third kappa shape index (κ3) is 10.1. The van der Waals surface area contributed by atoms with E-state index in [0.717, 1.165) is 0 Å². The highest BCUT2D eigenvalue weighted by molar-refractivity contribution is 6.07. The molecule has 2 aromatic rings. The molecule has 256 valence electrons. The molecule has 0 bridgehead atoms. The summed E-state index contributed by atoms with van der Waals surface area (Å²) in [6, 6.07) is 7.82. The average Bonchev–Trinajstić information content (AvgIpc) is 3.05. The van der Waals surface area contributed by atoms with E-state index in [2.05, 4.69) is 31.2 Å². The maximum absolute atomic E-state index is 13.2. The smallest absolute Gasteiger partial charge is 0.359 e. The molecule has 2 amide bonds. The molecule has 0 atom stereocenters. The summed E-state index contributed by atoms with van der Waals surface area (Å²) in [4.78, 5) is 58.9. The Morgan fingerprint density at radius 1 is 0.735 bits per heavy atom. The number of aromatic nitrogens is 2. The minimum absolute atomic E-state index is 0.0139. The van der Waals surface area contributed by atoms with Gasteiger partial charge in [0.05, 0.1) is 31.2 Å². The first kappa shape index (κ1) is 35.5. The molecule has 6 N–H and O–H groups in total. The van der Waals surface area contributed by atoms with Gasteiger partial charge < -0.3 is 45.7 Å². The number of rotatable bonds is 12. The van der Waals surface area contributed by atoms with Crippen LogP contribution < -0.4 is 21.3 Å². The molecule has 1 aromatic carbocycles. The topological polar surface area (TPSA) is 210 Å². The van der Waals surface area contributed by atoms with Crippen molar-refractivity contribution in [3.8, 4) is 0 Å². The molecular weight excluding hydrogens is 636 g/mol. The van der Waals surface area contributed by atoms with Crippen molar-refractivity contribution in [3.05, 3.63) is 107 Å². The Balaban J connectivity index is 1.73. The van der Waals surface area contributed by atoms with E-state index in [1.165, 1.54) is 24.3 Å². The van der Waals surface area contributed by atoms with Gasteiger partial charge in [-0.2, -0.15) is 4.98 Å². The Labute approximate surface area is 281 Å². The summed E-state index contributed by atoms with van der Waals surface area (Å²) < 4.78 is 15.1. The molecule has 49 heavy (non-hydrogen) atoms. The maximum atomic E-state index is 13.2. The summed E-state index contributed by atoms with van der Waals surface area (Å²) in [5.41, 5.74) is 1.20. The minimum atomic E-state index is -0.903. The summed E-state index contributed by atoms with van der Waals surface area (Å²) in [6.07, 6.45) is 8.60. The van der Waals surface area contributed by atoms with Crippen molar-refractivity contribution in [3.63, 3.8) is 0 Å². The number of ether oxygens (including phenoxy) is 3. The molecule has 4 rings (SSSR count). The van der Waals surface area contributed by atoms with Gasteiger partial charge in [0.2, 0.25) is 5.95 Å². The first-order valence-corrected chi connectivity index (χ1v) is 15.3. The number of carbonyl (C=O) groups is 4. The molecule has 15 heteroatoms. The van der Waals surface area contributed by atoms with Crippen molar-refractivity contribution in [2.24, 2.45) is 0 Å². The summed E-state index contributed by atoms with van der Waals surface area (Å²) in [5, 5.41) is 32.7. The Morgan fingerprint density at radius 3 is 1.82 bits per heavy atom. The second-order valence-electron chi connectivity index (χ2n) is 10.2. The van der Waals surface area contributed by atoms with Crippen molar-refractivity contribution in [2.75, 3.05) is 41.1 Å². The maximum Gasteiger partial charge on any atom is 0.359 e. The van der Waals surface area contributed by atoms with Gasteiger partial charge in [-0.3, -0.25) is 0 Å². The number of esters is 3. The normalized spacial score (nSPS) is 15.6. The van der Waals surface area contributed by atoms with Crippen molar-refractivity contribution in [1.29, 1.82) is 0 Å². The lowest BCUT2D eigenvalue weighted by molar-refractivity contribution is -0.138. The van der Waals surface area contributed by atoms with E-state index in [1.807, 2.05) is 0 Å². The zero-order valence-electron chi connectivity index (χ0n) is 27.0. The van der Waals surface area contributed by atoms with Crippen LogP contribution in [0.15, 0.2) is 101 Å². The van der Waals surface area contributed by atoms with Crippen LogP contribution in [-0.2, 0) is 23.8 Å². The fourth-order valence-electron chi connectivity index (χ4n) is 4.48. The molecule has 2 aliphatic rings. The number of hydrogen-bond donors (Lipinski definition) is 6. The molecule has 15 nitrogen and oxygen atoms in total. The van der Waals surface area contributed by atoms with Gasteiger partial charge in [-0.15, -0.1) is 0 Å². The third-order valence-corrected chi connectivity index (χ3v) is 6.62. The highest BCUT2D eigenvalue weighted by Crippen LogP contribution is 2.31. The van der Waals surface area contributed by atoms with Crippen LogP contribution in [0.4, 0.5) is 27.9 Å². The zero-order chi connectivity index (χ0) is 35.3. The van der Waals surface area contributed by atoms with Gasteiger partial charge in [0.1, 0.15) is 17.2 Å². The number of nitrogens with zero attached hydrogens (tertiary/aromatic N) is 2. The number of aliphatic hydroxyl groups excluding tert-OH is 2. The lowest BCUT2D eigenvalue weighted by atomic mass is 10.0. The van der Waals surface area contributed by atoms with Gasteiger partial charge in [0.15, 0.2) is 11.5 Å². The van der Waals surface area contributed by atoms with Gasteiger partial charge in [-0.1, -0.05) is 30.4 Å². The van der Waals surface area contributed by atoms with E-state index < -0.39 is 23.9 Å². The predicted octanol–water partition coefficient (Wildman–Crippen LogP) is 5.56. The number of nitrogens with one attached hydrogen (secondary N) is 4. The number of benzene rings is 1. The van der Waals surface area contributed by atoms with E-state index in [0.29, 0.717) is 16.8 Å². The first-order valence-electron chi connectivity index (χ1n) is 15.3. The number of anilines is 4. The number of urea groups is 1. The number of hydrogen-bond acceptors (Lipinski definition) is 13. The second-order valence-corrected chi connectivity index (χ2v) is 10.2. The number of aliphatic hydroxyl groups is 2.